The summed E-state index contributed by atoms with van der Waals surface area (Å²) in [5, 5.41) is 22.1. The van der Waals surface area contributed by atoms with Crippen molar-refractivity contribution in [1.82, 2.24) is 5.32 Å². The van der Waals surface area contributed by atoms with Gasteiger partial charge in [-0.3, -0.25) is 0 Å². The molecule has 0 spiro atoms. The number of para-hydroxylation sites is 1. The molecule has 0 saturated heterocycles. The summed E-state index contributed by atoms with van der Waals surface area (Å²) >= 11 is 5.94. The summed E-state index contributed by atoms with van der Waals surface area (Å²) in [6.07, 6.45) is 2.27. The molecule has 0 bridgehead atoms. The topological polar surface area (TPSA) is 61.7 Å². The molecule has 0 saturated carbocycles. The highest BCUT2D eigenvalue weighted by molar-refractivity contribution is 6.32. The first-order valence-electron chi connectivity index (χ1n) is 6.61. The lowest BCUT2D eigenvalue weighted by molar-refractivity contribution is 0.106. The van der Waals surface area contributed by atoms with Gasteiger partial charge < -0.3 is 20.3 Å². The Morgan fingerprint density at radius 3 is 2.74 bits per heavy atom. The molecule has 0 amide bonds. The highest BCUT2D eigenvalue weighted by Crippen LogP contribution is 2.22. The molecule has 1 aromatic carbocycles. The summed E-state index contributed by atoms with van der Waals surface area (Å²) < 4.78 is 5.44. The minimum atomic E-state index is -0.561. The number of halogens is 1. The monoisotopic (exact) mass is 287 g/mol. The molecule has 19 heavy (non-hydrogen) atoms. The Kier molecular flexibility index (Phi) is 8.58. The molecule has 3 N–H and O–H groups in total. The third kappa shape index (κ3) is 7.38. The van der Waals surface area contributed by atoms with Crippen molar-refractivity contribution in [2.45, 2.75) is 25.4 Å². The van der Waals surface area contributed by atoms with E-state index in [0.29, 0.717) is 17.3 Å². The molecule has 0 aliphatic heterocycles. The SMILES string of the molecule is OCCCCCNCC(O)COc1ccccc1Cl. The molecule has 0 aliphatic carbocycles. The summed E-state index contributed by atoms with van der Waals surface area (Å²) in [4.78, 5) is 0. The highest BCUT2D eigenvalue weighted by Gasteiger charge is 2.06. The Balaban J connectivity index is 2.08. The Labute approximate surface area is 119 Å². The van der Waals surface area contributed by atoms with E-state index < -0.39 is 6.10 Å². The quantitative estimate of drug-likeness (QED) is 0.575. The Morgan fingerprint density at radius 1 is 1.21 bits per heavy atom. The van der Waals surface area contributed by atoms with Crippen LogP contribution in [0.25, 0.3) is 0 Å². The van der Waals surface area contributed by atoms with Crippen molar-refractivity contribution in [3.05, 3.63) is 29.3 Å². The number of unbranched alkanes of at least 4 members (excludes halogenated alkanes) is 2. The standard InChI is InChI=1S/C14H22ClNO3/c15-13-6-2-3-7-14(13)19-11-12(18)10-16-8-4-1-5-9-17/h2-3,6-7,12,16-18H,1,4-5,8-11H2. The smallest absolute Gasteiger partial charge is 0.138 e. The van der Waals surface area contributed by atoms with Gasteiger partial charge in [-0.05, 0) is 37.9 Å². The Morgan fingerprint density at radius 2 is 2.00 bits per heavy atom. The van der Waals surface area contributed by atoms with Crippen LogP contribution < -0.4 is 10.1 Å². The predicted octanol–water partition coefficient (Wildman–Crippen LogP) is 1.83. The second-order valence-electron chi connectivity index (χ2n) is 4.38. The average molecular weight is 288 g/mol. The molecule has 0 fully saturated rings. The van der Waals surface area contributed by atoms with Crippen molar-refractivity contribution in [3.63, 3.8) is 0 Å². The summed E-state index contributed by atoms with van der Waals surface area (Å²) in [7, 11) is 0. The molecule has 0 aromatic heterocycles. The first-order chi connectivity index (χ1) is 9.24. The number of ether oxygens (including phenoxy) is 1. The van der Waals surface area contributed by atoms with Gasteiger partial charge in [0.2, 0.25) is 0 Å². The molecule has 4 nitrogen and oxygen atoms in total. The number of benzene rings is 1. The van der Waals surface area contributed by atoms with Gasteiger partial charge in [-0.2, -0.15) is 0 Å². The van der Waals surface area contributed by atoms with E-state index in [0.717, 1.165) is 25.8 Å². The fraction of sp³-hybridized carbons (Fsp3) is 0.571. The fourth-order valence-electron chi connectivity index (χ4n) is 1.61. The van der Waals surface area contributed by atoms with E-state index >= 15 is 0 Å². The zero-order chi connectivity index (χ0) is 13.9. The normalized spacial score (nSPS) is 12.4. The molecule has 1 aromatic rings. The zero-order valence-corrected chi connectivity index (χ0v) is 11.8. The van der Waals surface area contributed by atoms with Crippen LogP contribution in [0.15, 0.2) is 24.3 Å². The van der Waals surface area contributed by atoms with Gasteiger partial charge in [-0.1, -0.05) is 23.7 Å². The van der Waals surface area contributed by atoms with E-state index in [9.17, 15) is 5.11 Å². The van der Waals surface area contributed by atoms with Crippen LogP contribution in [-0.2, 0) is 0 Å². The lowest BCUT2D eigenvalue weighted by atomic mass is 10.2. The van der Waals surface area contributed by atoms with E-state index in [1.807, 2.05) is 12.1 Å². The Hall–Kier alpha value is -0.810. The van der Waals surface area contributed by atoms with E-state index in [1.165, 1.54) is 0 Å². The largest absolute Gasteiger partial charge is 0.489 e. The van der Waals surface area contributed by atoms with Gasteiger partial charge in [0.05, 0.1) is 5.02 Å². The van der Waals surface area contributed by atoms with Crippen LogP contribution in [0, 0.1) is 0 Å². The van der Waals surface area contributed by atoms with Crippen LogP contribution >= 0.6 is 11.6 Å². The van der Waals surface area contributed by atoms with Gasteiger partial charge in [-0.15, -0.1) is 0 Å². The van der Waals surface area contributed by atoms with Crippen LogP contribution in [-0.4, -0.2) is 42.6 Å². The zero-order valence-electron chi connectivity index (χ0n) is 11.0. The first kappa shape index (κ1) is 16.2. The number of aliphatic hydroxyl groups excluding tert-OH is 2. The molecule has 0 heterocycles. The molecule has 0 radical (unpaired) electrons. The molecule has 108 valence electrons. The molecule has 1 atom stereocenters. The van der Waals surface area contributed by atoms with Crippen molar-refractivity contribution < 1.29 is 14.9 Å². The maximum Gasteiger partial charge on any atom is 0.138 e. The summed E-state index contributed by atoms with van der Waals surface area (Å²) in [6, 6.07) is 7.20. The molecular formula is C14H22ClNO3. The number of nitrogens with one attached hydrogen (secondary N) is 1. The lowest BCUT2D eigenvalue weighted by Crippen LogP contribution is -2.32. The predicted molar refractivity (Wildman–Crippen MR) is 76.8 cm³/mol. The number of aliphatic hydroxyl groups is 2. The van der Waals surface area contributed by atoms with E-state index in [2.05, 4.69) is 5.32 Å². The second kappa shape index (κ2) is 10.0. The number of rotatable bonds is 10. The van der Waals surface area contributed by atoms with Gasteiger partial charge >= 0.3 is 0 Å². The molecular weight excluding hydrogens is 266 g/mol. The van der Waals surface area contributed by atoms with Crippen LogP contribution in [0.3, 0.4) is 0 Å². The molecule has 1 rings (SSSR count). The Bertz CT molecular complexity index is 349. The minimum Gasteiger partial charge on any atom is -0.489 e. The summed E-state index contributed by atoms with van der Waals surface area (Å²) in [5.41, 5.74) is 0. The van der Waals surface area contributed by atoms with Crippen LogP contribution in [0.5, 0.6) is 5.75 Å². The van der Waals surface area contributed by atoms with E-state index in [4.69, 9.17) is 21.4 Å². The van der Waals surface area contributed by atoms with Gasteiger partial charge in [0, 0.05) is 13.2 Å². The average Bonchev–Trinajstić information content (AvgIpc) is 2.42. The molecule has 0 aliphatic rings. The van der Waals surface area contributed by atoms with Gasteiger partial charge in [-0.25, -0.2) is 0 Å². The van der Waals surface area contributed by atoms with Gasteiger partial charge in [0.15, 0.2) is 0 Å². The number of hydrogen-bond acceptors (Lipinski definition) is 4. The van der Waals surface area contributed by atoms with Crippen molar-refractivity contribution in [2.24, 2.45) is 0 Å². The summed E-state index contributed by atoms with van der Waals surface area (Å²) in [6.45, 7) is 1.79. The lowest BCUT2D eigenvalue weighted by Gasteiger charge is -2.13. The van der Waals surface area contributed by atoms with E-state index in [1.54, 1.807) is 12.1 Å². The van der Waals surface area contributed by atoms with Crippen LogP contribution in [0.4, 0.5) is 0 Å². The van der Waals surface area contributed by atoms with Gasteiger partial charge in [0.1, 0.15) is 18.5 Å². The van der Waals surface area contributed by atoms with Crippen LogP contribution in [0.1, 0.15) is 19.3 Å². The summed E-state index contributed by atoms with van der Waals surface area (Å²) in [5.74, 6) is 0.589. The van der Waals surface area contributed by atoms with Crippen molar-refractivity contribution in [1.29, 1.82) is 0 Å². The minimum absolute atomic E-state index is 0.216. The van der Waals surface area contributed by atoms with E-state index in [-0.39, 0.29) is 13.2 Å². The fourth-order valence-corrected chi connectivity index (χ4v) is 1.80. The highest BCUT2D eigenvalue weighted by atomic mass is 35.5. The number of hydrogen-bond donors (Lipinski definition) is 3. The first-order valence-corrected chi connectivity index (χ1v) is 6.99. The third-order valence-corrected chi connectivity index (χ3v) is 2.97. The van der Waals surface area contributed by atoms with Crippen LogP contribution in [0.2, 0.25) is 5.02 Å². The maximum atomic E-state index is 9.73. The molecule has 1 unspecified atom stereocenters. The maximum absolute atomic E-state index is 9.73. The molecule has 5 heteroatoms. The van der Waals surface area contributed by atoms with Crippen molar-refractivity contribution in [3.8, 4) is 5.75 Å². The van der Waals surface area contributed by atoms with Crippen molar-refractivity contribution in [2.75, 3.05) is 26.3 Å². The van der Waals surface area contributed by atoms with Gasteiger partial charge in [0.25, 0.3) is 0 Å². The van der Waals surface area contributed by atoms with Crippen molar-refractivity contribution >= 4 is 11.6 Å². The second-order valence-corrected chi connectivity index (χ2v) is 4.79. The third-order valence-electron chi connectivity index (χ3n) is 2.66.